The number of para-hydroxylation sites is 1. The number of benzene rings is 2. The van der Waals surface area contributed by atoms with Crippen molar-refractivity contribution >= 4 is 33.4 Å². The molecular weight excluding hydrogens is 308 g/mol. The van der Waals surface area contributed by atoms with Gasteiger partial charge in [-0.1, -0.05) is 34.1 Å². The van der Waals surface area contributed by atoms with E-state index in [4.69, 9.17) is 5.73 Å². The fraction of sp³-hybridized carbons (Fsp3) is 0. The fourth-order valence-corrected chi connectivity index (χ4v) is 2.03. The van der Waals surface area contributed by atoms with Gasteiger partial charge in [0.25, 0.3) is 11.8 Å². The molecule has 19 heavy (non-hydrogen) atoms. The third kappa shape index (κ3) is 3.20. The Morgan fingerprint density at radius 1 is 1.05 bits per heavy atom. The number of primary amides is 1. The Kier molecular flexibility index (Phi) is 3.97. The monoisotopic (exact) mass is 318 g/mol. The molecule has 0 radical (unpaired) electrons. The summed E-state index contributed by atoms with van der Waals surface area (Å²) in [6.07, 6.45) is 0. The summed E-state index contributed by atoms with van der Waals surface area (Å²) in [7, 11) is 0. The molecule has 2 aromatic carbocycles. The van der Waals surface area contributed by atoms with E-state index in [1.807, 2.05) is 6.07 Å². The molecule has 0 aliphatic rings. The summed E-state index contributed by atoms with van der Waals surface area (Å²) in [6, 6.07) is 13.6. The van der Waals surface area contributed by atoms with Crippen LogP contribution in [-0.4, -0.2) is 11.8 Å². The average Bonchev–Trinajstić information content (AvgIpc) is 2.39. The first-order chi connectivity index (χ1) is 9.08. The van der Waals surface area contributed by atoms with Gasteiger partial charge in [-0.15, -0.1) is 0 Å². The molecule has 0 unspecified atom stereocenters. The molecule has 0 saturated carbocycles. The molecule has 0 saturated heterocycles. The van der Waals surface area contributed by atoms with Crippen molar-refractivity contribution in [2.75, 3.05) is 5.32 Å². The quantitative estimate of drug-likeness (QED) is 0.913. The van der Waals surface area contributed by atoms with Gasteiger partial charge in [0.05, 0.1) is 11.3 Å². The van der Waals surface area contributed by atoms with Gasteiger partial charge in [-0.05, 0) is 30.3 Å². The standard InChI is InChI=1S/C14H11BrN2O2/c15-10-5-3-4-9(8-10)14(19)17-12-7-2-1-6-11(12)13(16)18/h1-8H,(H2,16,18)(H,17,19). The van der Waals surface area contributed by atoms with Gasteiger partial charge in [0.15, 0.2) is 0 Å². The molecule has 0 atom stereocenters. The predicted octanol–water partition coefficient (Wildman–Crippen LogP) is 2.80. The second kappa shape index (κ2) is 5.67. The van der Waals surface area contributed by atoms with Gasteiger partial charge in [0.2, 0.25) is 0 Å². The molecule has 5 heteroatoms. The van der Waals surface area contributed by atoms with E-state index in [9.17, 15) is 9.59 Å². The molecule has 0 fully saturated rings. The lowest BCUT2D eigenvalue weighted by atomic mass is 10.1. The highest BCUT2D eigenvalue weighted by molar-refractivity contribution is 9.10. The third-order valence-electron chi connectivity index (χ3n) is 2.53. The summed E-state index contributed by atoms with van der Waals surface area (Å²) < 4.78 is 0.809. The first-order valence-electron chi connectivity index (χ1n) is 5.53. The van der Waals surface area contributed by atoms with Crippen LogP contribution in [0.2, 0.25) is 0 Å². The Morgan fingerprint density at radius 3 is 2.47 bits per heavy atom. The molecular formula is C14H11BrN2O2. The second-order valence-corrected chi connectivity index (χ2v) is 4.79. The average molecular weight is 319 g/mol. The number of amides is 2. The zero-order valence-corrected chi connectivity index (χ0v) is 11.5. The van der Waals surface area contributed by atoms with Crippen molar-refractivity contribution in [1.82, 2.24) is 0 Å². The van der Waals surface area contributed by atoms with Crippen LogP contribution in [0.25, 0.3) is 0 Å². The van der Waals surface area contributed by atoms with Crippen LogP contribution >= 0.6 is 15.9 Å². The van der Waals surface area contributed by atoms with Crippen molar-refractivity contribution in [1.29, 1.82) is 0 Å². The number of nitrogens with one attached hydrogen (secondary N) is 1. The number of nitrogens with two attached hydrogens (primary N) is 1. The maximum atomic E-state index is 12.1. The molecule has 0 aliphatic carbocycles. The third-order valence-corrected chi connectivity index (χ3v) is 3.02. The van der Waals surface area contributed by atoms with Gasteiger partial charge in [0, 0.05) is 10.0 Å². The second-order valence-electron chi connectivity index (χ2n) is 3.87. The van der Waals surface area contributed by atoms with Crippen LogP contribution in [0.5, 0.6) is 0 Å². The van der Waals surface area contributed by atoms with Gasteiger partial charge in [-0.3, -0.25) is 9.59 Å². The van der Waals surface area contributed by atoms with E-state index >= 15 is 0 Å². The van der Waals surface area contributed by atoms with Crippen LogP contribution in [0.15, 0.2) is 53.0 Å². The Bertz CT molecular complexity index is 641. The van der Waals surface area contributed by atoms with E-state index in [-0.39, 0.29) is 11.5 Å². The van der Waals surface area contributed by atoms with E-state index < -0.39 is 5.91 Å². The maximum absolute atomic E-state index is 12.1. The highest BCUT2D eigenvalue weighted by Crippen LogP contribution is 2.17. The molecule has 96 valence electrons. The highest BCUT2D eigenvalue weighted by atomic mass is 79.9. The normalized spacial score (nSPS) is 9.95. The summed E-state index contributed by atoms with van der Waals surface area (Å²) in [6.45, 7) is 0. The number of anilines is 1. The van der Waals surface area contributed by atoms with Crippen molar-refractivity contribution < 1.29 is 9.59 Å². The maximum Gasteiger partial charge on any atom is 0.255 e. The summed E-state index contributed by atoms with van der Waals surface area (Å²) >= 11 is 3.30. The van der Waals surface area contributed by atoms with Gasteiger partial charge in [-0.2, -0.15) is 0 Å². The summed E-state index contributed by atoms with van der Waals surface area (Å²) in [4.78, 5) is 23.3. The van der Waals surface area contributed by atoms with Crippen molar-refractivity contribution in [3.05, 3.63) is 64.1 Å². The van der Waals surface area contributed by atoms with Gasteiger partial charge in [0.1, 0.15) is 0 Å². The summed E-state index contributed by atoms with van der Waals surface area (Å²) in [5.74, 6) is -0.875. The van der Waals surface area contributed by atoms with Gasteiger partial charge < -0.3 is 11.1 Å². The molecule has 3 N–H and O–H groups in total. The minimum absolute atomic E-state index is 0.283. The van der Waals surface area contributed by atoms with Crippen molar-refractivity contribution in [3.8, 4) is 0 Å². The molecule has 4 nitrogen and oxygen atoms in total. The minimum Gasteiger partial charge on any atom is -0.366 e. The summed E-state index contributed by atoms with van der Waals surface area (Å²) in [5, 5.41) is 2.67. The molecule has 2 amide bonds. The Labute approximate surface area is 118 Å². The number of carbonyl (C=O) groups excluding carboxylic acids is 2. The summed E-state index contributed by atoms with van der Waals surface area (Å²) in [5.41, 5.74) is 6.44. The van der Waals surface area contributed by atoms with E-state index in [0.29, 0.717) is 11.3 Å². The molecule has 0 spiro atoms. The van der Waals surface area contributed by atoms with E-state index in [0.717, 1.165) is 4.47 Å². The van der Waals surface area contributed by atoms with Crippen LogP contribution < -0.4 is 11.1 Å². The predicted molar refractivity (Wildman–Crippen MR) is 77.1 cm³/mol. The Hall–Kier alpha value is -2.14. The molecule has 0 aromatic heterocycles. The van der Waals surface area contributed by atoms with Crippen molar-refractivity contribution in [2.45, 2.75) is 0 Å². The molecule has 0 aliphatic heterocycles. The first-order valence-corrected chi connectivity index (χ1v) is 6.33. The van der Waals surface area contributed by atoms with Gasteiger partial charge in [-0.25, -0.2) is 0 Å². The van der Waals surface area contributed by atoms with E-state index in [1.165, 1.54) is 0 Å². The van der Waals surface area contributed by atoms with Crippen LogP contribution in [0.3, 0.4) is 0 Å². The van der Waals surface area contributed by atoms with Crippen molar-refractivity contribution in [2.24, 2.45) is 5.73 Å². The first kappa shape index (κ1) is 13.3. The molecule has 2 rings (SSSR count). The van der Waals surface area contributed by atoms with E-state index in [1.54, 1.807) is 42.5 Å². The van der Waals surface area contributed by atoms with Gasteiger partial charge >= 0.3 is 0 Å². The molecule has 0 heterocycles. The smallest absolute Gasteiger partial charge is 0.255 e. The van der Waals surface area contributed by atoms with Crippen LogP contribution in [-0.2, 0) is 0 Å². The lowest BCUT2D eigenvalue weighted by molar-refractivity contribution is 0.100. The minimum atomic E-state index is -0.579. The number of halogens is 1. The highest BCUT2D eigenvalue weighted by Gasteiger charge is 2.11. The van der Waals surface area contributed by atoms with E-state index in [2.05, 4.69) is 21.2 Å². The van der Waals surface area contributed by atoms with Crippen LogP contribution in [0.1, 0.15) is 20.7 Å². The lowest BCUT2D eigenvalue weighted by Gasteiger charge is -2.08. The fourth-order valence-electron chi connectivity index (χ4n) is 1.63. The number of hydrogen-bond donors (Lipinski definition) is 2. The Morgan fingerprint density at radius 2 is 1.79 bits per heavy atom. The molecule has 2 aromatic rings. The van der Waals surface area contributed by atoms with Crippen molar-refractivity contribution in [3.63, 3.8) is 0 Å². The number of hydrogen-bond acceptors (Lipinski definition) is 2. The Balaban J connectivity index is 2.27. The lowest BCUT2D eigenvalue weighted by Crippen LogP contribution is -2.18. The zero-order valence-electron chi connectivity index (χ0n) is 9.89. The number of rotatable bonds is 3. The molecule has 0 bridgehead atoms. The number of carbonyl (C=O) groups is 2. The largest absolute Gasteiger partial charge is 0.366 e. The zero-order chi connectivity index (χ0) is 13.8. The SMILES string of the molecule is NC(=O)c1ccccc1NC(=O)c1cccc(Br)c1. The van der Waals surface area contributed by atoms with Crippen LogP contribution in [0, 0.1) is 0 Å². The van der Waals surface area contributed by atoms with Crippen LogP contribution in [0.4, 0.5) is 5.69 Å². The topological polar surface area (TPSA) is 72.2 Å².